The zero-order valence-corrected chi connectivity index (χ0v) is 6.70. The third-order valence-corrected chi connectivity index (χ3v) is 2.54. The molecule has 1 N–H and O–H groups in total. The molecular weight excluding hydrogens is 155 g/mol. The highest BCUT2D eigenvalue weighted by atomic mass is 19.1. The maximum Gasteiger partial charge on any atom is 0.123 e. The Morgan fingerprint density at radius 2 is 1.83 bits per heavy atom. The topological polar surface area (TPSA) is 20.2 Å². The second-order valence-corrected chi connectivity index (χ2v) is 3.30. The number of hydrogen-bond acceptors (Lipinski definition) is 1. The van der Waals surface area contributed by atoms with E-state index in [0.717, 1.165) is 18.4 Å². The molecule has 0 saturated heterocycles. The monoisotopic (exact) mass is 166 g/mol. The first-order valence-corrected chi connectivity index (χ1v) is 4.21. The molecule has 2 unspecified atom stereocenters. The van der Waals surface area contributed by atoms with Crippen LogP contribution in [0.25, 0.3) is 0 Å². The first-order valence-electron chi connectivity index (χ1n) is 4.21. The van der Waals surface area contributed by atoms with Gasteiger partial charge in [0.05, 0.1) is 6.10 Å². The van der Waals surface area contributed by atoms with Crippen molar-refractivity contribution in [3.05, 3.63) is 35.6 Å². The van der Waals surface area contributed by atoms with E-state index in [2.05, 4.69) is 0 Å². The molecule has 0 aromatic heterocycles. The van der Waals surface area contributed by atoms with Gasteiger partial charge < -0.3 is 5.11 Å². The number of rotatable bonds is 1. The number of halogens is 1. The molecule has 0 bridgehead atoms. The molecule has 0 amide bonds. The summed E-state index contributed by atoms with van der Waals surface area (Å²) in [6, 6.07) is 6.39. The normalized spacial score (nSPS) is 28.2. The van der Waals surface area contributed by atoms with Crippen molar-refractivity contribution in [2.45, 2.75) is 24.9 Å². The average Bonchev–Trinajstić information content (AvgIpc) is 2.06. The van der Waals surface area contributed by atoms with Crippen LogP contribution in [0.4, 0.5) is 4.39 Å². The predicted molar refractivity (Wildman–Crippen MR) is 44.4 cm³/mol. The fourth-order valence-corrected chi connectivity index (χ4v) is 1.58. The van der Waals surface area contributed by atoms with Gasteiger partial charge in [-0.25, -0.2) is 4.39 Å². The molecule has 0 heterocycles. The van der Waals surface area contributed by atoms with Crippen LogP contribution in [0.2, 0.25) is 0 Å². The second-order valence-electron chi connectivity index (χ2n) is 3.30. The summed E-state index contributed by atoms with van der Waals surface area (Å²) in [6.45, 7) is 0. The first kappa shape index (κ1) is 7.74. The predicted octanol–water partition coefficient (Wildman–Crippen LogP) is 2.06. The molecule has 12 heavy (non-hydrogen) atoms. The molecule has 1 aliphatic carbocycles. The van der Waals surface area contributed by atoms with Gasteiger partial charge in [0.2, 0.25) is 0 Å². The van der Waals surface area contributed by atoms with Gasteiger partial charge in [0.1, 0.15) is 5.82 Å². The molecule has 0 spiro atoms. The van der Waals surface area contributed by atoms with E-state index < -0.39 is 0 Å². The van der Waals surface area contributed by atoms with E-state index in [-0.39, 0.29) is 17.8 Å². The van der Waals surface area contributed by atoms with E-state index in [1.807, 2.05) is 0 Å². The molecule has 1 nitrogen and oxygen atoms in total. The van der Waals surface area contributed by atoms with E-state index in [1.165, 1.54) is 12.1 Å². The minimum Gasteiger partial charge on any atom is -0.392 e. The summed E-state index contributed by atoms with van der Waals surface area (Å²) in [4.78, 5) is 0. The standard InChI is InChI=1S/C10H11FO/c11-8-3-1-7(2-4-8)9-5-6-10(9)12/h1-4,9-10,12H,5-6H2. The first-order chi connectivity index (χ1) is 5.77. The van der Waals surface area contributed by atoms with Gasteiger partial charge in [0, 0.05) is 5.92 Å². The average molecular weight is 166 g/mol. The minimum absolute atomic E-state index is 0.213. The molecule has 1 aromatic carbocycles. The molecule has 2 atom stereocenters. The van der Waals surface area contributed by atoms with E-state index in [4.69, 9.17) is 0 Å². The molecular formula is C10H11FO. The van der Waals surface area contributed by atoms with Crippen LogP contribution in [0.1, 0.15) is 24.3 Å². The van der Waals surface area contributed by atoms with Gasteiger partial charge in [0.25, 0.3) is 0 Å². The van der Waals surface area contributed by atoms with Crippen molar-refractivity contribution in [3.63, 3.8) is 0 Å². The van der Waals surface area contributed by atoms with E-state index >= 15 is 0 Å². The van der Waals surface area contributed by atoms with E-state index in [9.17, 15) is 9.50 Å². The van der Waals surface area contributed by atoms with Crippen LogP contribution in [0.5, 0.6) is 0 Å². The number of aliphatic hydroxyl groups is 1. The Morgan fingerprint density at radius 3 is 2.25 bits per heavy atom. The molecule has 2 rings (SSSR count). The van der Waals surface area contributed by atoms with Gasteiger partial charge >= 0.3 is 0 Å². The van der Waals surface area contributed by atoms with Gasteiger partial charge in [-0.15, -0.1) is 0 Å². The lowest BCUT2D eigenvalue weighted by molar-refractivity contribution is 0.0661. The third kappa shape index (κ3) is 1.23. The van der Waals surface area contributed by atoms with Gasteiger partial charge in [-0.3, -0.25) is 0 Å². The lowest BCUT2D eigenvalue weighted by Gasteiger charge is -2.32. The van der Waals surface area contributed by atoms with Gasteiger partial charge in [0.15, 0.2) is 0 Å². The SMILES string of the molecule is OC1CCC1c1ccc(F)cc1. The molecule has 1 aliphatic rings. The van der Waals surface area contributed by atoms with Gasteiger partial charge in [-0.1, -0.05) is 12.1 Å². The van der Waals surface area contributed by atoms with Crippen molar-refractivity contribution < 1.29 is 9.50 Å². The van der Waals surface area contributed by atoms with Crippen LogP contribution in [-0.4, -0.2) is 11.2 Å². The van der Waals surface area contributed by atoms with Crippen LogP contribution in [0.3, 0.4) is 0 Å². The minimum atomic E-state index is -0.215. The van der Waals surface area contributed by atoms with Crippen molar-refractivity contribution in [3.8, 4) is 0 Å². The van der Waals surface area contributed by atoms with Crippen LogP contribution in [-0.2, 0) is 0 Å². The van der Waals surface area contributed by atoms with Crippen molar-refractivity contribution in [1.82, 2.24) is 0 Å². The zero-order valence-electron chi connectivity index (χ0n) is 6.70. The summed E-state index contributed by atoms with van der Waals surface area (Å²) in [5.41, 5.74) is 1.05. The quantitative estimate of drug-likeness (QED) is 0.677. The molecule has 1 aromatic rings. The molecule has 0 radical (unpaired) electrons. The fourth-order valence-electron chi connectivity index (χ4n) is 1.58. The molecule has 0 aliphatic heterocycles. The van der Waals surface area contributed by atoms with Gasteiger partial charge in [-0.2, -0.15) is 0 Å². The Morgan fingerprint density at radius 1 is 1.17 bits per heavy atom. The Balaban J connectivity index is 2.18. The van der Waals surface area contributed by atoms with Crippen molar-refractivity contribution in [2.24, 2.45) is 0 Å². The maximum atomic E-state index is 12.5. The Hall–Kier alpha value is -0.890. The molecule has 1 saturated carbocycles. The van der Waals surface area contributed by atoms with E-state index in [0.29, 0.717) is 0 Å². The highest BCUT2D eigenvalue weighted by molar-refractivity contribution is 5.23. The van der Waals surface area contributed by atoms with Gasteiger partial charge in [-0.05, 0) is 30.5 Å². The highest BCUT2D eigenvalue weighted by Gasteiger charge is 2.29. The van der Waals surface area contributed by atoms with Crippen molar-refractivity contribution in [2.75, 3.05) is 0 Å². The van der Waals surface area contributed by atoms with Crippen LogP contribution in [0, 0.1) is 5.82 Å². The second kappa shape index (κ2) is 2.87. The third-order valence-electron chi connectivity index (χ3n) is 2.54. The Bertz CT molecular complexity index is 268. The Kier molecular flexibility index (Phi) is 1.85. The van der Waals surface area contributed by atoms with Crippen LogP contribution < -0.4 is 0 Å². The largest absolute Gasteiger partial charge is 0.392 e. The summed E-state index contributed by atoms with van der Waals surface area (Å²) in [7, 11) is 0. The lowest BCUT2D eigenvalue weighted by Crippen LogP contribution is -2.28. The molecule has 64 valence electrons. The molecule has 1 fully saturated rings. The Labute approximate surface area is 70.8 Å². The van der Waals surface area contributed by atoms with Crippen LogP contribution >= 0.6 is 0 Å². The number of hydrogen-bond donors (Lipinski definition) is 1. The zero-order chi connectivity index (χ0) is 8.55. The summed E-state index contributed by atoms with van der Waals surface area (Å²) >= 11 is 0. The lowest BCUT2D eigenvalue weighted by atomic mass is 9.77. The molecule has 2 heteroatoms. The number of aliphatic hydroxyl groups excluding tert-OH is 1. The van der Waals surface area contributed by atoms with Crippen molar-refractivity contribution in [1.29, 1.82) is 0 Å². The number of benzene rings is 1. The maximum absolute atomic E-state index is 12.5. The van der Waals surface area contributed by atoms with Crippen molar-refractivity contribution >= 4 is 0 Å². The summed E-state index contributed by atoms with van der Waals surface area (Å²) < 4.78 is 12.5. The van der Waals surface area contributed by atoms with E-state index in [1.54, 1.807) is 12.1 Å². The highest BCUT2D eigenvalue weighted by Crippen LogP contribution is 2.36. The summed E-state index contributed by atoms with van der Waals surface area (Å²) in [5.74, 6) is 0.0261. The summed E-state index contributed by atoms with van der Waals surface area (Å²) in [5, 5.41) is 9.34. The van der Waals surface area contributed by atoms with Crippen LogP contribution in [0.15, 0.2) is 24.3 Å². The smallest absolute Gasteiger partial charge is 0.123 e. The summed E-state index contributed by atoms with van der Waals surface area (Å²) in [6.07, 6.45) is 1.69. The fraction of sp³-hybridized carbons (Fsp3) is 0.400.